The summed E-state index contributed by atoms with van der Waals surface area (Å²) in [5.41, 5.74) is 0.409. The number of H-pyrrole nitrogens is 1. The molecule has 1 aliphatic rings. The predicted molar refractivity (Wildman–Crippen MR) is 76.2 cm³/mol. The normalized spacial score (nSPS) is 19.1. The van der Waals surface area contributed by atoms with Crippen LogP contribution in [-0.4, -0.2) is 34.2 Å². The maximum atomic E-state index is 12.1. The van der Waals surface area contributed by atoms with Crippen molar-refractivity contribution in [3.05, 3.63) is 28.2 Å². The van der Waals surface area contributed by atoms with E-state index in [1.54, 1.807) is 6.07 Å². The van der Waals surface area contributed by atoms with E-state index in [0.29, 0.717) is 24.1 Å². The van der Waals surface area contributed by atoms with Gasteiger partial charge in [-0.25, -0.2) is 9.89 Å². The van der Waals surface area contributed by atoms with Crippen LogP contribution in [0, 0.1) is 11.8 Å². The predicted octanol–water partition coefficient (Wildman–Crippen LogP) is 1.35. The number of nitrogens with one attached hydrogen (secondary N) is 2. The molecule has 0 unspecified atom stereocenters. The van der Waals surface area contributed by atoms with Gasteiger partial charge in [0, 0.05) is 19.2 Å². The van der Waals surface area contributed by atoms with Gasteiger partial charge in [0.25, 0.3) is 5.56 Å². The molecule has 1 saturated heterocycles. The summed E-state index contributed by atoms with van der Waals surface area (Å²) in [7, 11) is 0. The van der Waals surface area contributed by atoms with Crippen LogP contribution in [-0.2, 0) is 6.54 Å². The molecule has 0 spiro atoms. The number of carbonyl (C=O) groups excluding carboxylic acids is 1. The van der Waals surface area contributed by atoms with Crippen LogP contribution < -0.4 is 10.9 Å². The van der Waals surface area contributed by atoms with Crippen LogP contribution in [0.2, 0.25) is 0 Å². The highest BCUT2D eigenvalue weighted by molar-refractivity contribution is 5.74. The molecule has 2 heterocycles. The lowest BCUT2D eigenvalue weighted by atomic mass is 9.88. The largest absolute Gasteiger partial charge is 0.332 e. The van der Waals surface area contributed by atoms with E-state index in [2.05, 4.69) is 29.4 Å². The fourth-order valence-corrected chi connectivity index (χ4v) is 2.49. The van der Waals surface area contributed by atoms with Gasteiger partial charge in [-0.15, -0.1) is 0 Å². The van der Waals surface area contributed by atoms with Crippen molar-refractivity contribution in [1.29, 1.82) is 0 Å². The topological polar surface area (TPSA) is 78.1 Å². The smallest absolute Gasteiger partial charge is 0.317 e. The number of amides is 2. The summed E-state index contributed by atoms with van der Waals surface area (Å²) in [6, 6.07) is 2.97. The summed E-state index contributed by atoms with van der Waals surface area (Å²) in [4.78, 5) is 24.9. The number of hydrogen-bond acceptors (Lipinski definition) is 3. The molecule has 2 rings (SSSR count). The highest BCUT2D eigenvalue weighted by Gasteiger charge is 2.25. The second kappa shape index (κ2) is 6.54. The molecule has 0 saturated carbocycles. The quantitative estimate of drug-likeness (QED) is 0.876. The molecule has 6 heteroatoms. The zero-order valence-corrected chi connectivity index (χ0v) is 12.1. The molecule has 1 aliphatic heterocycles. The second-order valence-corrected chi connectivity index (χ2v) is 5.66. The summed E-state index contributed by atoms with van der Waals surface area (Å²) >= 11 is 0. The van der Waals surface area contributed by atoms with Crippen LogP contribution in [0.25, 0.3) is 0 Å². The lowest BCUT2D eigenvalue weighted by Gasteiger charge is -2.34. The van der Waals surface area contributed by atoms with Gasteiger partial charge in [0.15, 0.2) is 0 Å². The Morgan fingerprint density at radius 2 is 2.35 bits per heavy atom. The molecule has 1 fully saturated rings. The number of carbonyl (C=O) groups is 1. The van der Waals surface area contributed by atoms with Gasteiger partial charge < -0.3 is 10.2 Å². The summed E-state index contributed by atoms with van der Waals surface area (Å²) in [6.45, 7) is 6.38. The van der Waals surface area contributed by atoms with Gasteiger partial charge in [-0.2, -0.15) is 5.10 Å². The van der Waals surface area contributed by atoms with Crippen molar-refractivity contribution < 1.29 is 4.79 Å². The summed E-state index contributed by atoms with van der Waals surface area (Å²) in [5, 5.41) is 9.07. The molecule has 0 aliphatic carbocycles. The first-order valence-corrected chi connectivity index (χ1v) is 7.13. The van der Waals surface area contributed by atoms with Crippen molar-refractivity contribution in [1.82, 2.24) is 20.4 Å². The Hall–Kier alpha value is -1.85. The molecule has 1 atom stereocenters. The van der Waals surface area contributed by atoms with Gasteiger partial charge in [0.1, 0.15) is 0 Å². The van der Waals surface area contributed by atoms with E-state index < -0.39 is 0 Å². The maximum Gasteiger partial charge on any atom is 0.317 e. The standard InChI is InChI=1S/C14H22N4O2/c1-10(2)11-4-3-7-18(9-11)14(20)15-8-12-5-6-13(19)17-16-12/h5-6,10-11H,3-4,7-9H2,1-2H3,(H,15,20)(H,17,19)/t11-/m0/s1. The van der Waals surface area contributed by atoms with Crippen molar-refractivity contribution in [3.63, 3.8) is 0 Å². The van der Waals surface area contributed by atoms with Gasteiger partial charge in [-0.3, -0.25) is 4.79 Å². The highest BCUT2D eigenvalue weighted by Crippen LogP contribution is 2.23. The fourth-order valence-electron chi connectivity index (χ4n) is 2.49. The van der Waals surface area contributed by atoms with Crippen LogP contribution in [0.1, 0.15) is 32.4 Å². The summed E-state index contributed by atoms with van der Waals surface area (Å²) < 4.78 is 0. The third-order valence-electron chi connectivity index (χ3n) is 3.85. The minimum absolute atomic E-state index is 0.0525. The van der Waals surface area contributed by atoms with Gasteiger partial charge >= 0.3 is 6.03 Å². The van der Waals surface area contributed by atoms with Gasteiger partial charge in [-0.1, -0.05) is 13.8 Å². The molecule has 110 valence electrons. The number of aromatic amines is 1. The van der Waals surface area contributed by atoms with E-state index in [1.165, 1.54) is 12.5 Å². The van der Waals surface area contributed by atoms with E-state index in [-0.39, 0.29) is 11.6 Å². The molecule has 0 radical (unpaired) electrons. The van der Waals surface area contributed by atoms with Gasteiger partial charge in [0.05, 0.1) is 12.2 Å². The van der Waals surface area contributed by atoms with E-state index in [1.807, 2.05) is 4.90 Å². The van der Waals surface area contributed by atoms with Crippen molar-refractivity contribution in [2.24, 2.45) is 11.8 Å². The Kier molecular flexibility index (Phi) is 4.76. The molecule has 20 heavy (non-hydrogen) atoms. The Morgan fingerprint density at radius 3 is 3.00 bits per heavy atom. The van der Waals surface area contributed by atoms with E-state index in [4.69, 9.17) is 0 Å². The molecule has 2 amide bonds. The Labute approximate surface area is 118 Å². The SMILES string of the molecule is CC(C)[C@H]1CCCN(C(=O)NCc2ccc(=O)[nH]n2)C1. The lowest BCUT2D eigenvalue weighted by molar-refractivity contribution is 0.148. The van der Waals surface area contributed by atoms with E-state index in [9.17, 15) is 9.59 Å². The summed E-state index contributed by atoms with van der Waals surface area (Å²) in [5.74, 6) is 1.19. The van der Waals surface area contributed by atoms with Crippen molar-refractivity contribution in [2.45, 2.75) is 33.2 Å². The maximum absolute atomic E-state index is 12.1. The van der Waals surface area contributed by atoms with Crippen LogP contribution in [0.15, 0.2) is 16.9 Å². The average molecular weight is 278 g/mol. The average Bonchev–Trinajstić information content (AvgIpc) is 2.46. The first-order valence-electron chi connectivity index (χ1n) is 7.13. The summed E-state index contributed by atoms with van der Waals surface area (Å²) in [6.07, 6.45) is 2.26. The van der Waals surface area contributed by atoms with Crippen LogP contribution in [0.3, 0.4) is 0 Å². The monoisotopic (exact) mass is 278 g/mol. The third kappa shape index (κ3) is 3.82. The van der Waals surface area contributed by atoms with E-state index >= 15 is 0 Å². The first kappa shape index (κ1) is 14.6. The minimum Gasteiger partial charge on any atom is -0.332 e. The third-order valence-corrected chi connectivity index (χ3v) is 3.85. The van der Waals surface area contributed by atoms with Crippen LogP contribution >= 0.6 is 0 Å². The number of piperidine rings is 1. The second-order valence-electron chi connectivity index (χ2n) is 5.66. The van der Waals surface area contributed by atoms with Crippen molar-refractivity contribution in [2.75, 3.05) is 13.1 Å². The molecular formula is C14H22N4O2. The number of rotatable bonds is 3. The molecule has 1 aromatic rings. The number of hydrogen-bond donors (Lipinski definition) is 2. The molecule has 0 bridgehead atoms. The van der Waals surface area contributed by atoms with Crippen molar-refractivity contribution in [3.8, 4) is 0 Å². The van der Waals surface area contributed by atoms with Gasteiger partial charge in [0.2, 0.25) is 0 Å². The van der Waals surface area contributed by atoms with Crippen LogP contribution in [0.5, 0.6) is 0 Å². The fraction of sp³-hybridized carbons (Fsp3) is 0.643. The molecule has 2 N–H and O–H groups in total. The lowest BCUT2D eigenvalue weighted by Crippen LogP contribution is -2.46. The van der Waals surface area contributed by atoms with Gasteiger partial charge in [-0.05, 0) is 30.7 Å². The minimum atomic E-state index is -0.240. The van der Waals surface area contributed by atoms with E-state index in [0.717, 1.165) is 19.5 Å². The number of aromatic nitrogens is 2. The number of nitrogens with zero attached hydrogens (tertiary/aromatic N) is 2. The van der Waals surface area contributed by atoms with Crippen LogP contribution in [0.4, 0.5) is 4.79 Å². The molecular weight excluding hydrogens is 256 g/mol. The Balaban J connectivity index is 1.85. The number of urea groups is 1. The Bertz CT molecular complexity index is 492. The Morgan fingerprint density at radius 1 is 1.55 bits per heavy atom. The molecule has 6 nitrogen and oxygen atoms in total. The van der Waals surface area contributed by atoms with Crippen molar-refractivity contribution >= 4 is 6.03 Å². The zero-order chi connectivity index (χ0) is 14.5. The number of likely N-dealkylation sites (tertiary alicyclic amines) is 1. The first-order chi connectivity index (χ1) is 9.56. The highest BCUT2D eigenvalue weighted by atomic mass is 16.2. The molecule has 0 aromatic carbocycles. The zero-order valence-electron chi connectivity index (χ0n) is 12.1. The molecule has 1 aromatic heterocycles.